The SMILES string of the molecule is CCN(CC)CCC[C@@H](C)NC(=O)c1ccc(N2CCOCC2)nc1. The van der Waals surface area contributed by atoms with Gasteiger partial charge in [-0.1, -0.05) is 13.8 Å². The van der Waals surface area contributed by atoms with Crippen molar-refractivity contribution in [1.29, 1.82) is 0 Å². The van der Waals surface area contributed by atoms with Crippen LogP contribution in [0.4, 0.5) is 5.82 Å². The number of rotatable bonds is 9. The summed E-state index contributed by atoms with van der Waals surface area (Å²) in [7, 11) is 0. The number of carbonyl (C=O) groups is 1. The smallest absolute Gasteiger partial charge is 0.253 e. The number of nitrogens with one attached hydrogen (secondary N) is 1. The van der Waals surface area contributed by atoms with E-state index in [1.807, 2.05) is 12.1 Å². The van der Waals surface area contributed by atoms with Crippen LogP contribution in [0.25, 0.3) is 0 Å². The van der Waals surface area contributed by atoms with E-state index in [4.69, 9.17) is 4.74 Å². The van der Waals surface area contributed by atoms with Crippen molar-refractivity contribution in [1.82, 2.24) is 15.2 Å². The van der Waals surface area contributed by atoms with Crippen LogP contribution in [0.15, 0.2) is 18.3 Å². The number of aromatic nitrogens is 1. The van der Waals surface area contributed by atoms with Crippen molar-refractivity contribution in [2.45, 2.75) is 39.7 Å². The summed E-state index contributed by atoms with van der Waals surface area (Å²) in [5, 5.41) is 3.07. The third-order valence-electron chi connectivity index (χ3n) is 4.73. The first-order valence-corrected chi connectivity index (χ1v) is 9.46. The number of carbonyl (C=O) groups excluding carboxylic acids is 1. The topological polar surface area (TPSA) is 57.7 Å². The molecule has 0 aromatic carbocycles. The predicted octanol–water partition coefficient (Wildman–Crippen LogP) is 2.16. The van der Waals surface area contributed by atoms with Gasteiger partial charge in [0.1, 0.15) is 5.82 Å². The number of nitrogens with zero attached hydrogens (tertiary/aromatic N) is 3. The van der Waals surface area contributed by atoms with Crippen LogP contribution in [-0.2, 0) is 4.74 Å². The van der Waals surface area contributed by atoms with Gasteiger partial charge in [0.2, 0.25) is 0 Å². The number of morpholine rings is 1. The molecule has 1 aromatic heterocycles. The van der Waals surface area contributed by atoms with Gasteiger partial charge in [0, 0.05) is 25.3 Å². The molecule has 0 unspecified atom stereocenters. The molecular formula is C19H32N4O2. The molecule has 1 N–H and O–H groups in total. The molecule has 25 heavy (non-hydrogen) atoms. The number of hydrogen-bond acceptors (Lipinski definition) is 5. The number of hydrogen-bond donors (Lipinski definition) is 1. The zero-order valence-corrected chi connectivity index (χ0v) is 15.8. The summed E-state index contributed by atoms with van der Waals surface area (Å²) in [6.45, 7) is 12.8. The van der Waals surface area contributed by atoms with Crippen molar-refractivity contribution in [2.24, 2.45) is 0 Å². The minimum Gasteiger partial charge on any atom is -0.378 e. The Morgan fingerprint density at radius 2 is 2.04 bits per heavy atom. The number of pyridine rings is 1. The maximum atomic E-state index is 12.4. The van der Waals surface area contributed by atoms with Crippen LogP contribution in [0.1, 0.15) is 44.0 Å². The molecule has 2 rings (SSSR count). The van der Waals surface area contributed by atoms with E-state index in [9.17, 15) is 4.79 Å². The standard InChI is InChI=1S/C19H32N4O2/c1-4-22(5-2)10-6-7-16(3)21-19(24)17-8-9-18(20-15-17)23-11-13-25-14-12-23/h8-9,15-16H,4-7,10-14H2,1-3H3,(H,21,24)/t16-/m1/s1. The number of amides is 1. The molecule has 6 heteroatoms. The number of anilines is 1. The zero-order chi connectivity index (χ0) is 18.1. The molecule has 1 amide bonds. The summed E-state index contributed by atoms with van der Waals surface area (Å²) in [6, 6.07) is 3.95. The van der Waals surface area contributed by atoms with Gasteiger partial charge in [0.25, 0.3) is 5.91 Å². The Kier molecular flexibility index (Phi) is 8.15. The molecule has 0 bridgehead atoms. The lowest BCUT2D eigenvalue weighted by molar-refractivity contribution is 0.0936. The molecule has 0 radical (unpaired) electrons. The summed E-state index contributed by atoms with van der Waals surface area (Å²) in [5.74, 6) is 0.864. The Morgan fingerprint density at radius 1 is 1.32 bits per heavy atom. The Labute approximate surface area is 151 Å². The molecule has 0 spiro atoms. The zero-order valence-electron chi connectivity index (χ0n) is 15.8. The van der Waals surface area contributed by atoms with Gasteiger partial charge >= 0.3 is 0 Å². The lowest BCUT2D eigenvalue weighted by atomic mass is 10.1. The molecule has 0 aliphatic carbocycles. The quantitative estimate of drug-likeness (QED) is 0.741. The fraction of sp³-hybridized carbons (Fsp3) is 0.684. The van der Waals surface area contributed by atoms with E-state index in [-0.39, 0.29) is 11.9 Å². The maximum absolute atomic E-state index is 12.4. The molecule has 1 aliphatic rings. The second-order valence-electron chi connectivity index (χ2n) is 6.55. The van der Waals surface area contributed by atoms with Crippen LogP contribution in [0.2, 0.25) is 0 Å². The normalized spacial score (nSPS) is 16.1. The van der Waals surface area contributed by atoms with Crippen LogP contribution in [0.5, 0.6) is 0 Å². The third kappa shape index (κ3) is 6.29. The molecule has 1 aromatic rings. The van der Waals surface area contributed by atoms with Gasteiger partial charge in [-0.3, -0.25) is 4.79 Å². The third-order valence-corrected chi connectivity index (χ3v) is 4.73. The highest BCUT2D eigenvalue weighted by Crippen LogP contribution is 2.13. The summed E-state index contributed by atoms with van der Waals surface area (Å²) in [6.07, 6.45) is 3.75. The second-order valence-corrected chi connectivity index (χ2v) is 6.55. The lowest BCUT2D eigenvalue weighted by Crippen LogP contribution is -2.37. The van der Waals surface area contributed by atoms with E-state index in [1.54, 1.807) is 6.20 Å². The first-order chi connectivity index (χ1) is 12.1. The minimum atomic E-state index is -0.0450. The van der Waals surface area contributed by atoms with Crippen LogP contribution in [0.3, 0.4) is 0 Å². The van der Waals surface area contributed by atoms with E-state index < -0.39 is 0 Å². The van der Waals surface area contributed by atoms with Crippen LogP contribution >= 0.6 is 0 Å². The predicted molar refractivity (Wildman–Crippen MR) is 101 cm³/mol. The summed E-state index contributed by atoms with van der Waals surface area (Å²) in [4.78, 5) is 21.4. The van der Waals surface area contributed by atoms with Crippen molar-refractivity contribution in [2.75, 3.05) is 50.8 Å². The summed E-state index contributed by atoms with van der Waals surface area (Å²) in [5.41, 5.74) is 0.618. The average molecular weight is 348 g/mol. The fourth-order valence-corrected chi connectivity index (χ4v) is 3.04. The largest absolute Gasteiger partial charge is 0.378 e. The van der Waals surface area contributed by atoms with E-state index in [1.165, 1.54) is 0 Å². The average Bonchev–Trinajstić information content (AvgIpc) is 2.66. The minimum absolute atomic E-state index is 0.0450. The Hall–Kier alpha value is -1.66. The van der Waals surface area contributed by atoms with Gasteiger partial charge in [-0.15, -0.1) is 0 Å². The van der Waals surface area contributed by atoms with Crippen LogP contribution < -0.4 is 10.2 Å². The van der Waals surface area contributed by atoms with Gasteiger partial charge in [-0.05, 0) is 51.5 Å². The van der Waals surface area contributed by atoms with Gasteiger partial charge in [0.05, 0.1) is 18.8 Å². The summed E-state index contributed by atoms with van der Waals surface area (Å²) < 4.78 is 5.35. The molecule has 0 saturated carbocycles. The van der Waals surface area contributed by atoms with Gasteiger partial charge < -0.3 is 19.9 Å². The van der Waals surface area contributed by atoms with E-state index in [0.29, 0.717) is 5.56 Å². The Morgan fingerprint density at radius 3 is 2.64 bits per heavy atom. The van der Waals surface area contributed by atoms with Crippen LogP contribution in [-0.4, -0.2) is 67.8 Å². The Bertz CT molecular complexity index is 511. The monoisotopic (exact) mass is 348 g/mol. The maximum Gasteiger partial charge on any atom is 0.253 e. The van der Waals surface area contributed by atoms with Crippen molar-refractivity contribution in [3.63, 3.8) is 0 Å². The van der Waals surface area contributed by atoms with Crippen molar-refractivity contribution >= 4 is 11.7 Å². The van der Waals surface area contributed by atoms with E-state index >= 15 is 0 Å². The lowest BCUT2D eigenvalue weighted by Gasteiger charge is -2.27. The van der Waals surface area contributed by atoms with Crippen molar-refractivity contribution < 1.29 is 9.53 Å². The molecule has 140 valence electrons. The highest BCUT2D eigenvalue weighted by atomic mass is 16.5. The fourth-order valence-electron chi connectivity index (χ4n) is 3.04. The van der Waals surface area contributed by atoms with Gasteiger partial charge in [-0.2, -0.15) is 0 Å². The van der Waals surface area contributed by atoms with Crippen molar-refractivity contribution in [3.05, 3.63) is 23.9 Å². The molecule has 1 fully saturated rings. The molecule has 2 heterocycles. The summed E-state index contributed by atoms with van der Waals surface area (Å²) >= 11 is 0. The van der Waals surface area contributed by atoms with Gasteiger partial charge in [-0.25, -0.2) is 4.98 Å². The highest BCUT2D eigenvalue weighted by Gasteiger charge is 2.14. The Balaban J connectivity index is 1.77. The van der Waals surface area contributed by atoms with Crippen LogP contribution in [0, 0.1) is 0 Å². The first-order valence-electron chi connectivity index (χ1n) is 9.46. The molecule has 1 aliphatic heterocycles. The highest BCUT2D eigenvalue weighted by molar-refractivity contribution is 5.94. The molecule has 1 saturated heterocycles. The van der Waals surface area contributed by atoms with Crippen molar-refractivity contribution in [3.8, 4) is 0 Å². The molecular weight excluding hydrogens is 316 g/mol. The van der Waals surface area contributed by atoms with E-state index in [0.717, 1.165) is 64.6 Å². The van der Waals surface area contributed by atoms with E-state index in [2.05, 4.69) is 40.9 Å². The second kappa shape index (κ2) is 10.4. The molecule has 1 atom stereocenters. The number of ether oxygens (including phenoxy) is 1. The molecule has 6 nitrogen and oxygen atoms in total. The van der Waals surface area contributed by atoms with Gasteiger partial charge in [0.15, 0.2) is 0 Å². The first kappa shape index (κ1) is 19.7.